The zero-order valence-corrected chi connectivity index (χ0v) is 10.9. The van der Waals surface area contributed by atoms with Crippen molar-refractivity contribution in [1.29, 1.82) is 0 Å². The second-order valence-electron chi connectivity index (χ2n) is 4.12. The topological polar surface area (TPSA) is 57.6 Å². The molecular formula is C13H15NO3S. The Morgan fingerprint density at radius 1 is 1.50 bits per heavy atom. The van der Waals surface area contributed by atoms with Crippen LogP contribution in [-0.2, 0) is 16.0 Å². The number of aryl methyl sites for hydroxylation is 1. The number of carbonyl (C=O) groups excluding carboxylic acids is 1. The van der Waals surface area contributed by atoms with E-state index in [1.165, 1.54) is 11.8 Å². The average Bonchev–Trinajstić information content (AvgIpc) is 2.39. The maximum absolute atomic E-state index is 11.9. The van der Waals surface area contributed by atoms with Gasteiger partial charge in [0.05, 0.1) is 5.75 Å². The number of nitrogens with zero attached hydrogens (tertiary/aromatic N) is 1. The zero-order chi connectivity index (χ0) is 13.1. The first-order valence-electron chi connectivity index (χ1n) is 5.86. The number of rotatable bonds is 3. The summed E-state index contributed by atoms with van der Waals surface area (Å²) in [5.41, 5.74) is 1.92. The number of carboxylic acids is 1. The van der Waals surface area contributed by atoms with Crippen molar-refractivity contribution in [2.45, 2.75) is 18.6 Å². The summed E-state index contributed by atoms with van der Waals surface area (Å²) in [5, 5.41) is 8.52. The van der Waals surface area contributed by atoms with Gasteiger partial charge in [-0.3, -0.25) is 9.59 Å². The third-order valence-corrected chi connectivity index (χ3v) is 4.16. The molecule has 4 nitrogen and oxygen atoms in total. The Balaban J connectivity index is 2.29. The number of para-hydroxylation sites is 1. The minimum absolute atomic E-state index is 0.0154. The lowest BCUT2D eigenvalue weighted by Crippen LogP contribution is -2.45. The summed E-state index contributed by atoms with van der Waals surface area (Å²) in [6.07, 6.45) is 0.824. The molecule has 1 N–H and O–H groups in total. The van der Waals surface area contributed by atoms with Crippen LogP contribution in [0.1, 0.15) is 12.5 Å². The van der Waals surface area contributed by atoms with E-state index in [1.807, 2.05) is 31.2 Å². The van der Waals surface area contributed by atoms with Crippen molar-refractivity contribution in [3.8, 4) is 0 Å². The lowest BCUT2D eigenvalue weighted by molar-refractivity contribution is -0.136. The molecule has 0 radical (unpaired) electrons. The summed E-state index contributed by atoms with van der Waals surface area (Å²) in [4.78, 5) is 24.6. The standard InChI is InChI=1S/C13H15NO3S/c1-2-9-5-3-4-6-10(9)14-7-11(13(16)17)18-8-12(14)15/h3-6,11H,2,7-8H2,1H3,(H,16,17). The molecule has 2 rings (SSSR count). The van der Waals surface area contributed by atoms with Gasteiger partial charge >= 0.3 is 5.97 Å². The van der Waals surface area contributed by atoms with Crippen molar-refractivity contribution >= 4 is 29.3 Å². The van der Waals surface area contributed by atoms with Gasteiger partial charge in [0.15, 0.2) is 0 Å². The smallest absolute Gasteiger partial charge is 0.318 e. The molecule has 96 valence electrons. The van der Waals surface area contributed by atoms with Gasteiger partial charge in [-0.05, 0) is 18.1 Å². The highest BCUT2D eigenvalue weighted by atomic mass is 32.2. The third kappa shape index (κ3) is 2.51. The molecule has 1 unspecified atom stereocenters. The number of benzene rings is 1. The highest BCUT2D eigenvalue weighted by molar-refractivity contribution is 8.01. The number of carbonyl (C=O) groups is 2. The fourth-order valence-corrected chi connectivity index (χ4v) is 2.92. The van der Waals surface area contributed by atoms with Crippen LogP contribution in [0.15, 0.2) is 24.3 Å². The summed E-state index contributed by atoms with van der Waals surface area (Å²) in [6, 6.07) is 7.66. The van der Waals surface area contributed by atoms with Gasteiger partial charge in [-0.2, -0.15) is 0 Å². The van der Waals surface area contributed by atoms with E-state index in [9.17, 15) is 9.59 Å². The molecule has 0 aliphatic carbocycles. The second kappa shape index (κ2) is 5.44. The predicted molar refractivity (Wildman–Crippen MR) is 72.1 cm³/mol. The van der Waals surface area contributed by atoms with Crippen LogP contribution in [0.2, 0.25) is 0 Å². The molecule has 0 bridgehead atoms. The van der Waals surface area contributed by atoms with Crippen LogP contribution in [-0.4, -0.2) is 34.5 Å². The molecule has 1 aromatic rings. The van der Waals surface area contributed by atoms with Crippen LogP contribution in [0.3, 0.4) is 0 Å². The molecule has 1 amide bonds. The molecule has 5 heteroatoms. The molecule has 0 aromatic heterocycles. The van der Waals surface area contributed by atoms with Gasteiger partial charge in [0, 0.05) is 12.2 Å². The molecule has 18 heavy (non-hydrogen) atoms. The van der Waals surface area contributed by atoms with Crippen LogP contribution in [0.4, 0.5) is 5.69 Å². The summed E-state index contributed by atoms with van der Waals surface area (Å²) in [6.45, 7) is 2.27. The molecule has 1 fully saturated rings. The number of aliphatic carboxylic acids is 1. The third-order valence-electron chi connectivity index (χ3n) is 3.00. The Morgan fingerprint density at radius 2 is 2.22 bits per heavy atom. The van der Waals surface area contributed by atoms with Crippen LogP contribution in [0, 0.1) is 0 Å². The summed E-state index contributed by atoms with van der Waals surface area (Å²) >= 11 is 1.20. The van der Waals surface area contributed by atoms with E-state index in [4.69, 9.17) is 5.11 Å². The number of amides is 1. The van der Waals surface area contributed by atoms with Gasteiger partial charge in [0.1, 0.15) is 5.25 Å². The van der Waals surface area contributed by atoms with E-state index in [0.717, 1.165) is 17.7 Å². The zero-order valence-electron chi connectivity index (χ0n) is 10.1. The van der Waals surface area contributed by atoms with Crippen LogP contribution >= 0.6 is 11.8 Å². The van der Waals surface area contributed by atoms with Gasteiger partial charge in [-0.1, -0.05) is 25.1 Å². The highest BCUT2D eigenvalue weighted by Crippen LogP contribution is 2.28. The molecule has 0 spiro atoms. The number of thioether (sulfide) groups is 1. The molecule has 1 aromatic carbocycles. The van der Waals surface area contributed by atoms with Crippen molar-refractivity contribution < 1.29 is 14.7 Å². The maximum atomic E-state index is 11.9. The van der Waals surface area contributed by atoms with Gasteiger partial charge in [-0.25, -0.2) is 0 Å². The van der Waals surface area contributed by atoms with Crippen LogP contribution < -0.4 is 4.90 Å². The number of carboxylic acid groups (broad SMARTS) is 1. The Hall–Kier alpha value is -1.49. The van der Waals surface area contributed by atoms with E-state index in [1.54, 1.807) is 4.90 Å². The van der Waals surface area contributed by atoms with Crippen LogP contribution in [0.5, 0.6) is 0 Å². The van der Waals surface area contributed by atoms with Gasteiger partial charge < -0.3 is 10.0 Å². The normalized spacial score (nSPS) is 19.9. The first-order valence-corrected chi connectivity index (χ1v) is 6.91. The fraction of sp³-hybridized carbons (Fsp3) is 0.385. The lowest BCUT2D eigenvalue weighted by atomic mass is 10.1. The summed E-state index contributed by atoms with van der Waals surface area (Å²) in [5.74, 6) is -0.639. The number of anilines is 1. The molecule has 1 aliphatic heterocycles. The molecule has 0 saturated carbocycles. The lowest BCUT2D eigenvalue weighted by Gasteiger charge is -2.31. The van der Waals surface area contributed by atoms with Crippen molar-refractivity contribution in [3.63, 3.8) is 0 Å². The highest BCUT2D eigenvalue weighted by Gasteiger charge is 2.32. The van der Waals surface area contributed by atoms with Gasteiger partial charge in [0.2, 0.25) is 5.91 Å². The fourth-order valence-electron chi connectivity index (χ4n) is 2.03. The number of hydrogen-bond donors (Lipinski definition) is 1. The monoisotopic (exact) mass is 265 g/mol. The molecule has 1 saturated heterocycles. The van der Waals surface area contributed by atoms with E-state index in [0.29, 0.717) is 0 Å². The van der Waals surface area contributed by atoms with E-state index >= 15 is 0 Å². The van der Waals surface area contributed by atoms with Crippen molar-refractivity contribution in [3.05, 3.63) is 29.8 Å². The molecule has 1 aliphatic rings. The Kier molecular flexibility index (Phi) is 3.91. The maximum Gasteiger partial charge on any atom is 0.318 e. The first kappa shape index (κ1) is 13.0. The van der Waals surface area contributed by atoms with Crippen molar-refractivity contribution in [1.82, 2.24) is 0 Å². The van der Waals surface area contributed by atoms with Crippen molar-refractivity contribution in [2.75, 3.05) is 17.2 Å². The number of hydrogen-bond acceptors (Lipinski definition) is 3. The Labute approximate surface area is 110 Å². The van der Waals surface area contributed by atoms with E-state index in [2.05, 4.69) is 0 Å². The Morgan fingerprint density at radius 3 is 2.89 bits per heavy atom. The van der Waals surface area contributed by atoms with E-state index < -0.39 is 11.2 Å². The predicted octanol–water partition coefficient (Wildman–Crippen LogP) is 1.78. The molecular weight excluding hydrogens is 250 g/mol. The van der Waals surface area contributed by atoms with Crippen molar-refractivity contribution in [2.24, 2.45) is 0 Å². The van der Waals surface area contributed by atoms with Gasteiger partial charge in [0.25, 0.3) is 0 Å². The minimum atomic E-state index is -0.855. The molecule has 1 atom stereocenters. The SMILES string of the molecule is CCc1ccccc1N1CC(C(=O)O)SCC1=O. The summed E-state index contributed by atoms with van der Waals surface area (Å²) in [7, 11) is 0. The van der Waals surface area contributed by atoms with Gasteiger partial charge in [-0.15, -0.1) is 11.8 Å². The first-order chi connectivity index (χ1) is 8.63. The van der Waals surface area contributed by atoms with E-state index in [-0.39, 0.29) is 18.2 Å². The van der Waals surface area contributed by atoms with Crippen LogP contribution in [0.25, 0.3) is 0 Å². The molecule has 1 heterocycles. The Bertz CT molecular complexity index is 475. The minimum Gasteiger partial charge on any atom is -0.480 e. The average molecular weight is 265 g/mol. The summed E-state index contributed by atoms with van der Waals surface area (Å²) < 4.78 is 0. The largest absolute Gasteiger partial charge is 0.480 e. The second-order valence-corrected chi connectivity index (χ2v) is 5.32. The quantitative estimate of drug-likeness (QED) is 0.905.